The van der Waals surface area contributed by atoms with E-state index in [0.717, 1.165) is 18.7 Å². The zero-order chi connectivity index (χ0) is 13.0. The van der Waals surface area contributed by atoms with E-state index in [9.17, 15) is 0 Å². The molecule has 0 aromatic carbocycles. The number of aromatic nitrogens is 4. The van der Waals surface area contributed by atoms with Gasteiger partial charge in [-0.1, -0.05) is 6.92 Å². The molecule has 0 fully saturated rings. The van der Waals surface area contributed by atoms with Gasteiger partial charge in [-0.3, -0.25) is 5.10 Å². The predicted octanol–water partition coefficient (Wildman–Crippen LogP) is 1.70. The molecule has 0 unspecified atom stereocenters. The Labute approximate surface area is 105 Å². The molecule has 2 aromatic heterocycles. The lowest BCUT2D eigenvalue weighted by Crippen LogP contribution is -2.05. The molecular weight excluding hydrogens is 232 g/mol. The van der Waals surface area contributed by atoms with Gasteiger partial charge < -0.3 is 15.8 Å². The lowest BCUT2D eigenvalue weighted by Gasteiger charge is -2.06. The molecule has 0 atom stereocenters. The molecule has 0 spiro atoms. The molecule has 2 rings (SSSR count). The molecule has 0 aliphatic heterocycles. The van der Waals surface area contributed by atoms with Gasteiger partial charge in [-0.15, -0.1) is 5.10 Å². The van der Waals surface area contributed by atoms with Crippen LogP contribution in [0.2, 0.25) is 0 Å². The second-order valence-electron chi connectivity index (χ2n) is 3.87. The molecule has 0 saturated heterocycles. The molecule has 0 bridgehead atoms. The van der Waals surface area contributed by atoms with Gasteiger partial charge in [0.15, 0.2) is 0 Å². The Hall–Kier alpha value is -2.31. The highest BCUT2D eigenvalue weighted by molar-refractivity contribution is 5.43. The largest absolute Gasteiger partial charge is 0.419 e. The Bertz CT molecular complexity index is 524. The quantitative estimate of drug-likeness (QED) is 0.744. The van der Waals surface area contributed by atoms with Crippen molar-refractivity contribution in [3.05, 3.63) is 17.8 Å². The third-order valence-corrected chi connectivity index (χ3v) is 2.17. The maximum atomic E-state index is 5.62. The van der Waals surface area contributed by atoms with Crippen LogP contribution in [0.4, 0.5) is 11.8 Å². The number of hydrogen-bond acceptors (Lipinski definition) is 6. The second kappa shape index (κ2) is 5.35. The van der Waals surface area contributed by atoms with Gasteiger partial charge >= 0.3 is 0 Å². The van der Waals surface area contributed by atoms with Gasteiger partial charge in [-0.2, -0.15) is 9.97 Å². The number of nitrogens with one attached hydrogen (secondary N) is 2. The maximum absolute atomic E-state index is 5.62. The molecule has 4 N–H and O–H groups in total. The number of hydrogen-bond donors (Lipinski definition) is 3. The van der Waals surface area contributed by atoms with Gasteiger partial charge in [0.05, 0.1) is 0 Å². The van der Waals surface area contributed by atoms with Crippen LogP contribution in [-0.4, -0.2) is 26.7 Å². The van der Waals surface area contributed by atoms with Crippen molar-refractivity contribution in [3.63, 3.8) is 0 Å². The summed E-state index contributed by atoms with van der Waals surface area (Å²) in [7, 11) is 0. The lowest BCUT2D eigenvalue weighted by molar-refractivity contribution is 0.443. The number of H-pyrrole nitrogens is 1. The van der Waals surface area contributed by atoms with Crippen molar-refractivity contribution in [2.24, 2.45) is 0 Å². The molecule has 0 saturated carbocycles. The number of nitrogens with two attached hydrogens (primary N) is 1. The van der Waals surface area contributed by atoms with Crippen molar-refractivity contribution in [2.45, 2.75) is 20.3 Å². The highest BCUT2D eigenvalue weighted by Crippen LogP contribution is 2.20. The molecule has 0 aliphatic carbocycles. The molecule has 7 nitrogen and oxygen atoms in total. The van der Waals surface area contributed by atoms with Crippen molar-refractivity contribution in [2.75, 3.05) is 17.6 Å². The zero-order valence-electron chi connectivity index (χ0n) is 10.4. The lowest BCUT2D eigenvalue weighted by atomic mass is 10.4. The maximum Gasteiger partial charge on any atom is 0.240 e. The monoisotopic (exact) mass is 248 g/mol. The van der Waals surface area contributed by atoms with Crippen molar-refractivity contribution in [1.29, 1.82) is 0 Å². The van der Waals surface area contributed by atoms with E-state index >= 15 is 0 Å². The van der Waals surface area contributed by atoms with Crippen LogP contribution in [0.15, 0.2) is 12.1 Å². The van der Waals surface area contributed by atoms with Gasteiger partial charge in [-0.25, -0.2) is 0 Å². The topological polar surface area (TPSA) is 102 Å². The summed E-state index contributed by atoms with van der Waals surface area (Å²) in [5.41, 5.74) is 6.53. The van der Waals surface area contributed by atoms with Crippen LogP contribution in [0.1, 0.15) is 19.0 Å². The molecule has 0 aliphatic rings. The van der Waals surface area contributed by atoms with E-state index in [1.54, 1.807) is 12.1 Å². The Kier molecular flexibility index (Phi) is 3.61. The van der Waals surface area contributed by atoms with E-state index in [0.29, 0.717) is 17.6 Å². The van der Waals surface area contributed by atoms with Crippen LogP contribution < -0.4 is 15.8 Å². The summed E-state index contributed by atoms with van der Waals surface area (Å²) in [6, 6.07) is 3.47. The van der Waals surface area contributed by atoms with E-state index in [1.165, 1.54) is 0 Å². The minimum Gasteiger partial charge on any atom is -0.419 e. The first-order valence-corrected chi connectivity index (χ1v) is 5.75. The SMILES string of the molecule is CCCNc1cc(Oc2cc(C)[nH]n2)nc(N)n1. The molecule has 2 aromatic rings. The average Bonchev–Trinajstić information content (AvgIpc) is 2.71. The summed E-state index contributed by atoms with van der Waals surface area (Å²) in [6.07, 6.45) is 0.999. The van der Waals surface area contributed by atoms with E-state index in [2.05, 4.69) is 32.4 Å². The number of anilines is 2. The van der Waals surface area contributed by atoms with Gasteiger partial charge in [0.2, 0.25) is 17.7 Å². The molecule has 2 heterocycles. The summed E-state index contributed by atoms with van der Waals surface area (Å²) in [6.45, 7) is 4.78. The number of rotatable bonds is 5. The molecule has 0 amide bonds. The molecule has 0 radical (unpaired) electrons. The fraction of sp³-hybridized carbons (Fsp3) is 0.364. The second-order valence-corrected chi connectivity index (χ2v) is 3.87. The van der Waals surface area contributed by atoms with Crippen LogP contribution >= 0.6 is 0 Å². The zero-order valence-corrected chi connectivity index (χ0v) is 10.4. The minimum absolute atomic E-state index is 0.165. The molecule has 7 heteroatoms. The molecule has 18 heavy (non-hydrogen) atoms. The Morgan fingerprint density at radius 1 is 1.33 bits per heavy atom. The number of ether oxygens (including phenoxy) is 1. The molecular formula is C11H16N6O. The summed E-state index contributed by atoms with van der Waals surface area (Å²) in [4.78, 5) is 8.06. The predicted molar refractivity (Wildman–Crippen MR) is 68.6 cm³/mol. The van der Waals surface area contributed by atoms with E-state index in [4.69, 9.17) is 10.5 Å². The van der Waals surface area contributed by atoms with E-state index < -0.39 is 0 Å². The van der Waals surface area contributed by atoms with Crippen molar-refractivity contribution in [3.8, 4) is 11.8 Å². The summed E-state index contributed by atoms with van der Waals surface area (Å²) in [5, 5.41) is 9.88. The summed E-state index contributed by atoms with van der Waals surface area (Å²) >= 11 is 0. The van der Waals surface area contributed by atoms with Crippen LogP contribution in [0.5, 0.6) is 11.8 Å². The fourth-order valence-corrected chi connectivity index (χ4v) is 1.39. The van der Waals surface area contributed by atoms with E-state index in [1.807, 2.05) is 6.92 Å². The Morgan fingerprint density at radius 3 is 2.83 bits per heavy atom. The third-order valence-electron chi connectivity index (χ3n) is 2.17. The third kappa shape index (κ3) is 3.09. The van der Waals surface area contributed by atoms with Crippen LogP contribution in [-0.2, 0) is 0 Å². The Morgan fingerprint density at radius 2 is 2.17 bits per heavy atom. The molecule has 96 valence electrons. The van der Waals surface area contributed by atoms with Crippen LogP contribution in [0, 0.1) is 6.92 Å². The summed E-state index contributed by atoms with van der Waals surface area (Å²) < 4.78 is 5.49. The van der Waals surface area contributed by atoms with Crippen molar-refractivity contribution in [1.82, 2.24) is 20.2 Å². The number of aromatic amines is 1. The van der Waals surface area contributed by atoms with Crippen molar-refractivity contribution >= 4 is 11.8 Å². The van der Waals surface area contributed by atoms with Gasteiger partial charge in [-0.05, 0) is 13.3 Å². The van der Waals surface area contributed by atoms with Gasteiger partial charge in [0.25, 0.3) is 0 Å². The minimum atomic E-state index is 0.165. The first-order chi connectivity index (χ1) is 8.67. The van der Waals surface area contributed by atoms with Gasteiger partial charge in [0.1, 0.15) is 5.82 Å². The first-order valence-electron chi connectivity index (χ1n) is 5.75. The van der Waals surface area contributed by atoms with E-state index in [-0.39, 0.29) is 5.95 Å². The first kappa shape index (κ1) is 12.2. The highest BCUT2D eigenvalue weighted by atomic mass is 16.5. The number of nitrogens with zero attached hydrogens (tertiary/aromatic N) is 3. The van der Waals surface area contributed by atoms with Crippen molar-refractivity contribution < 1.29 is 4.74 Å². The van der Waals surface area contributed by atoms with Crippen LogP contribution in [0.25, 0.3) is 0 Å². The fourth-order valence-electron chi connectivity index (χ4n) is 1.39. The van der Waals surface area contributed by atoms with Gasteiger partial charge in [0, 0.05) is 24.4 Å². The average molecular weight is 248 g/mol. The normalized spacial score (nSPS) is 10.3. The van der Waals surface area contributed by atoms with Crippen LogP contribution in [0.3, 0.4) is 0 Å². The highest BCUT2D eigenvalue weighted by Gasteiger charge is 2.06. The smallest absolute Gasteiger partial charge is 0.240 e. The standard InChI is InChI=1S/C11H16N6O/c1-3-4-13-8-6-9(15-11(12)14-8)18-10-5-7(2)16-17-10/h5-6H,3-4H2,1-2H3,(H,16,17)(H3,12,13,14,15). The number of aryl methyl sites for hydroxylation is 1. The Balaban J connectivity index is 2.14. The number of nitrogen functional groups attached to an aromatic ring is 1. The summed E-state index contributed by atoms with van der Waals surface area (Å²) in [5.74, 6) is 1.63.